The second kappa shape index (κ2) is 5.99. The van der Waals surface area contributed by atoms with Gasteiger partial charge in [0.1, 0.15) is 5.75 Å². The summed E-state index contributed by atoms with van der Waals surface area (Å²) in [7, 11) is 0. The zero-order valence-electron chi connectivity index (χ0n) is 11.0. The molecule has 2 aromatic rings. The minimum atomic E-state index is -4.67. The summed E-state index contributed by atoms with van der Waals surface area (Å²) in [5.41, 5.74) is 2.59. The molecule has 105 valence electrons. The molecular weight excluding hydrogens is 265 g/mol. The molecular formula is C16H14F3O. The second-order valence-corrected chi connectivity index (χ2v) is 4.43. The molecule has 0 N–H and O–H groups in total. The predicted molar refractivity (Wildman–Crippen MR) is 71.4 cm³/mol. The van der Waals surface area contributed by atoms with Gasteiger partial charge >= 0.3 is 6.36 Å². The Morgan fingerprint density at radius 2 is 1.90 bits per heavy atom. The molecule has 1 radical (unpaired) electrons. The first-order valence-corrected chi connectivity index (χ1v) is 6.35. The fraction of sp³-hybridized carbons (Fsp3) is 0.250. The van der Waals surface area contributed by atoms with E-state index in [9.17, 15) is 13.2 Å². The maximum atomic E-state index is 12.2. The topological polar surface area (TPSA) is 9.23 Å². The molecule has 0 spiro atoms. The number of hydrogen-bond acceptors (Lipinski definition) is 1. The molecule has 0 aliphatic heterocycles. The highest BCUT2D eigenvalue weighted by molar-refractivity contribution is 5.65. The number of hydrogen-bond donors (Lipinski definition) is 0. The van der Waals surface area contributed by atoms with Crippen LogP contribution in [0.2, 0.25) is 0 Å². The Morgan fingerprint density at radius 3 is 2.50 bits per heavy atom. The lowest BCUT2D eigenvalue weighted by Gasteiger charge is -2.10. The largest absolute Gasteiger partial charge is 0.573 e. The molecule has 0 amide bonds. The molecule has 0 saturated heterocycles. The highest BCUT2D eigenvalue weighted by Gasteiger charge is 2.31. The van der Waals surface area contributed by atoms with E-state index in [4.69, 9.17) is 0 Å². The van der Waals surface area contributed by atoms with E-state index in [0.717, 1.165) is 24.0 Å². The van der Waals surface area contributed by atoms with Gasteiger partial charge < -0.3 is 4.74 Å². The quantitative estimate of drug-likeness (QED) is 0.764. The fourth-order valence-electron chi connectivity index (χ4n) is 1.93. The van der Waals surface area contributed by atoms with Gasteiger partial charge in [-0.05, 0) is 47.4 Å². The van der Waals surface area contributed by atoms with Crippen molar-refractivity contribution in [2.45, 2.75) is 26.1 Å². The van der Waals surface area contributed by atoms with E-state index in [0.29, 0.717) is 5.56 Å². The van der Waals surface area contributed by atoms with Gasteiger partial charge in [-0.15, -0.1) is 13.2 Å². The molecule has 0 aromatic heterocycles. The lowest BCUT2D eigenvalue weighted by atomic mass is 10.0. The van der Waals surface area contributed by atoms with Crippen molar-refractivity contribution in [1.29, 1.82) is 0 Å². The van der Waals surface area contributed by atoms with Crippen LogP contribution >= 0.6 is 0 Å². The Labute approximate surface area is 116 Å². The van der Waals surface area contributed by atoms with Crippen LogP contribution in [0.25, 0.3) is 11.1 Å². The van der Waals surface area contributed by atoms with Crippen molar-refractivity contribution < 1.29 is 17.9 Å². The van der Waals surface area contributed by atoms with Crippen LogP contribution in [0.1, 0.15) is 18.9 Å². The van der Waals surface area contributed by atoms with Crippen molar-refractivity contribution in [1.82, 2.24) is 0 Å². The Bertz CT molecular complexity index is 559. The molecule has 1 nitrogen and oxygen atoms in total. The van der Waals surface area contributed by atoms with E-state index in [1.807, 2.05) is 12.1 Å². The number of halogens is 3. The number of rotatable bonds is 4. The third kappa shape index (κ3) is 4.02. The van der Waals surface area contributed by atoms with Crippen molar-refractivity contribution in [3.8, 4) is 16.9 Å². The van der Waals surface area contributed by atoms with Gasteiger partial charge in [0.05, 0.1) is 0 Å². The molecule has 0 saturated carbocycles. The van der Waals surface area contributed by atoms with E-state index in [2.05, 4.69) is 17.7 Å². The Hall–Kier alpha value is -1.97. The summed E-state index contributed by atoms with van der Waals surface area (Å²) in [6.45, 7) is 2.08. The first-order chi connectivity index (χ1) is 9.48. The molecule has 0 heterocycles. The van der Waals surface area contributed by atoms with Crippen LogP contribution in [0.3, 0.4) is 0 Å². The van der Waals surface area contributed by atoms with Crippen molar-refractivity contribution in [3.05, 3.63) is 54.1 Å². The van der Waals surface area contributed by atoms with E-state index in [-0.39, 0.29) is 5.75 Å². The molecule has 0 bridgehead atoms. The first-order valence-electron chi connectivity index (χ1n) is 6.35. The lowest BCUT2D eigenvalue weighted by molar-refractivity contribution is -0.274. The third-order valence-electron chi connectivity index (χ3n) is 2.80. The molecule has 0 unspecified atom stereocenters. The Morgan fingerprint density at radius 1 is 1.10 bits per heavy atom. The zero-order chi connectivity index (χ0) is 14.6. The number of ether oxygens (including phenoxy) is 1. The standard InChI is InChI=1S/C16H14F3O/c1-2-4-12-7-9-13(10-8-12)14-5-3-6-15(11-14)20-16(17,18)19/h3,5-7,9-11H,2,4H2,1H3. The molecule has 0 aliphatic carbocycles. The lowest BCUT2D eigenvalue weighted by Crippen LogP contribution is -2.17. The monoisotopic (exact) mass is 279 g/mol. The summed E-state index contributed by atoms with van der Waals surface area (Å²) in [4.78, 5) is 0. The minimum absolute atomic E-state index is 0.215. The van der Waals surface area contributed by atoms with Gasteiger partial charge in [0.15, 0.2) is 0 Å². The van der Waals surface area contributed by atoms with Crippen molar-refractivity contribution in [3.63, 3.8) is 0 Å². The van der Waals surface area contributed by atoms with Crippen LogP contribution in [0.4, 0.5) is 13.2 Å². The average Bonchev–Trinajstić information content (AvgIpc) is 2.38. The van der Waals surface area contributed by atoms with Gasteiger partial charge in [0.2, 0.25) is 0 Å². The molecule has 0 atom stereocenters. The molecule has 20 heavy (non-hydrogen) atoms. The van der Waals surface area contributed by atoms with Crippen LogP contribution in [-0.4, -0.2) is 6.36 Å². The van der Waals surface area contributed by atoms with Gasteiger partial charge in [-0.2, -0.15) is 0 Å². The number of alkyl halides is 3. The predicted octanol–water partition coefficient (Wildman–Crippen LogP) is 5.00. The van der Waals surface area contributed by atoms with E-state index >= 15 is 0 Å². The summed E-state index contributed by atoms with van der Waals surface area (Å²) in [6, 6.07) is 14.7. The van der Waals surface area contributed by atoms with E-state index < -0.39 is 6.36 Å². The second-order valence-electron chi connectivity index (χ2n) is 4.43. The van der Waals surface area contributed by atoms with E-state index in [1.54, 1.807) is 12.1 Å². The van der Waals surface area contributed by atoms with Crippen LogP contribution in [0.5, 0.6) is 5.75 Å². The van der Waals surface area contributed by atoms with Gasteiger partial charge in [0, 0.05) is 0 Å². The summed E-state index contributed by atoms with van der Waals surface area (Å²) < 4.78 is 40.5. The highest BCUT2D eigenvalue weighted by Crippen LogP contribution is 2.28. The molecule has 2 aromatic carbocycles. The maximum absolute atomic E-state index is 12.2. The van der Waals surface area contributed by atoms with Crippen molar-refractivity contribution in [2.75, 3.05) is 0 Å². The molecule has 4 heteroatoms. The summed E-state index contributed by atoms with van der Waals surface area (Å²) in [5, 5.41) is 0. The average molecular weight is 279 g/mol. The minimum Gasteiger partial charge on any atom is -0.406 e. The van der Waals surface area contributed by atoms with Crippen molar-refractivity contribution >= 4 is 0 Å². The normalized spacial score (nSPS) is 11.4. The number of aryl methyl sites for hydroxylation is 1. The third-order valence-corrected chi connectivity index (χ3v) is 2.80. The van der Waals surface area contributed by atoms with Gasteiger partial charge in [0.25, 0.3) is 0 Å². The first kappa shape index (κ1) is 14.4. The Balaban J connectivity index is 2.22. The summed E-state index contributed by atoms with van der Waals surface area (Å²) in [5.74, 6) is -0.215. The summed E-state index contributed by atoms with van der Waals surface area (Å²) >= 11 is 0. The van der Waals surface area contributed by atoms with Crippen LogP contribution in [0.15, 0.2) is 42.5 Å². The number of benzene rings is 2. The van der Waals surface area contributed by atoms with Crippen LogP contribution in [0, 0.1) is 6.07 Å². The molecule has 2 rings (SSSR count). The fourth-order valence-corrected chi connectivity index (χ4v) is 1.93. The Kier molecular flexibility index (Phi) is 4.32. The molecule has 0 fully saturated rings. The highest BCUT2D eigenvalue weighted by atomic mass is 19.4. The zero-order valence-corrected chi connectivity index (χ0v) is 11.0. The van der Waals surface area contributed by atoms with Crippen molar-refractivity contribution in [2.24, 2.45) is 0 Å². The van der Waals surface area contributed by atoms with Gasteiger partial charge in [-0.25, -0.2) is 0 Å². The SMILES string of the molecule is CCCc1[c]cc(-c2cccc(OC(F)(F)F)c2)cc1. The van der Waals surface area contributed by atoms with E-state index in [1.165, 1.54) is 18.2 Å². The van der Waals surface area contributed by atoms with Crippen LogP contribution in [-0.2, 0) is 6.42 Å². The van der Waals surface area contributed by atoms with Gasteiger partial charge in [-0.1, -0.05) is 37.6 Å². The summed E-state index contributed by atoms with van der Waals surface area (Å²) in [6.07, 6.45) is -2.70. The van der Waals surface area contributed by atoms with Gasteiger partial charge in [-0.3, -0.25) is 0 Å². The maximum Gasteiger partial charge on any atom is 0.573 e. The smallest absolute Gasteiger partial charge is 0.406 e. The molecule has 0 aliphatic rings. The van der Waals surface area contributed by atoms with Crippen LogP contribution < -0.4 is 4.74 Å².